The van der Waals surface area contributed by atoms with Gasteiger partial charge in [0.25, 0.3) is 0 Å². The zero-order valence-corrected chi connectivity index (χ0v) is 7.52. The number of rotatable bonds is 5. The average molecular weight is 155 g/mol. The van der Waals surface area contributed by atoms with Crippen LogP contribution in [0.25, 0.3) is 0 Å². The summed E-state index contributed by atoms with van der Waals surface area (Å²) in [6.07, 6.45) is 5.22. The third kappa shape index (κ3) is 3.87. The SMILES string of the molecule is C#CNC(NCC)N(C)CC. The van der Waals surface area contributed by atoms with Crippen LogP contribution in [-0.2, 0) is 0 Å². The molecule has 0 spiro atoms. The van der Waals surface area contributed by atoms with Gasteiger partial charge >= 0.3 is 0 Å². The molecular formula is C8H17N3. The second-order valence-corrected chi connectivity index (χ2v) is 2.32. The molecule has 1 unspecified atom stereocenters. The van der Waals surface area contributed by atoms with Gasteiger partial charge in [0.05, 0.1) is 0 Å². The molecule has 0 amide bonds. The molecule has 0 aliphatic heterocycles. The lowest BCUT2D eigenvalue weighted by molar-refractivity contribution is 0.198. The quantitative estimate of drug-likeness (QED) is 0.333. The molecule has 11 heavy (non-hydrogen) atoms. The fraction of sp³-hybridized carbons (Fsp3) is 0.750. The van der Waals surface area contributed by atoms with Gasteiger partial charge < -0.3 is 5.32 Å². The van der Waals surface area contributed by atoms with E-state index in [4.69, 9.17) is 6.42 Å². The largest absolute Gasteiger partial charge is 0.317 e. The van der Waals surface area contributed by atoms with Gasteiger partial charge in [0.1, 0.15) is 6.29 Å². The molecule has 1 atom stereocenters. The minimum atomic E-state index is 0.0926. The van der Waals surface area contributed by atoms with Crippen molar-refractivity contribution < 1.29 is 0 Å². The first-order valence-electron chi connectivity index (χ1n) is 3.91. The minimum absolute atomic E-state index is 0.0926. The molecule has 0 saturated heterocycles. The third-order valence-corrected chi connectivity index (χ3v) is 1.56. The Labute approximate surface area is 69.2 Å². The maximum atomic E-state index is 5.12. The summed E-state index contributed by atoms with van der Waals surface area (Å²) in [5, 5.41) is 6.08. The summed E-state index contributed by atoms with van der Waals surface area (Å²) in [5.74, 6) is 0. The normalized spacial score (nSPS) is 12.6. The van der Waals surface area contributed by atoms with Gasteiger partial charge in [-0.3, -0.25) is 10.2 Å². The van der Waals surface area contributed by atoms with Gasteiger partial charge in [-0.05, 0) is 20.1 Å². The highest BCUT2D eigenvalue weighted by atomic mass is 15.4. The molecule has 0 fully saturated rings. The summed E-state index contributed by atoms with van der Waals surface area (Å²) < 4.78 is 0. The van der Waals surface area contributed by atoms with E-state index in [1.807, 2.05) is 7.05 Å². The molecule has 3 nitrogen and oxygen atoms in total. The second-order valence-electron chi connectivity index (χ2n) is 2.32. The van der Waals surface area contributed by atoms with Crippen LogP contribution in [-0.4, -0.2) is 31.3 Å². The lowest BCUT2D eigenvalue weighted by atomic mass is 10.5. The summed E-state index contributed by atoms with van der Waals surface area (Å²) >= 11 is 0. The van der Waals surface area contributed by atoms with Crippen molar-refractivity contribution >= 4 is 0 Å². The van der Waals surface area contributed by atoms with E-state index in [1.54, 1.807) is 0 Å². The van der Waals surface area contributed by atoms with Crippen LogP contribution in [0.15, 0.2) is 0 Å². The Morgan fingerprint density at radius 3 is 2.55 bits per heavy atom. The molecule has 0 aromatic heterocycles. The van der Waals surface area contributed by atoms with Gasteiger partial charge in [-0.25, -0.2) is 0 Å². The molecule has 0 aliphatic carbocycles. The van der Waals surface area contributed by atoms with Crippen molar-refractivity contribution in [3.63, 3.8) is 0 Å². The highest BCUT2D eigenvalue weighted by Gasteiger charge is 2.07. The molecule has 0 rings (SSSR count). The van der Waals surface area contributed by atoms with Gasteiger partial charge in [-0.2, -0.15) is 0 Å². The first kappa shape index (κ1) is 10.3. The van der Waals surface area contributed by atoms with Crippen LogP contribution in [0.2, 0.25) is 0 Å². The van der Waals surface area contributed by atoms with Gasteiger partial charge in [0, 0.05) is 6.04 Å². The number of nitrogens with zero attached hydrogens (tertiary/aromatic N) is 1. The van der Waals surface area contributed by atoms with Crippen molar-refractivity contribution in [3.8, 4) is 12.5 Å². The smallest absolute Gasteiger partial charge is 0.141 e. The Balaban J connectivity index is 3.78. The van der Waals surface area contributed by atoms with Crippen LogP contribution in [0.4, 0.5) is 0 Å². The fourth-order valence-electron chi connectivity index (χ4n) is 0.772. The van der Waals surface area contributed by atoms with E-state index in [-0.39, 0.29) is 6.29 Å². The predicted molar refractivity (Wildman–Crippen MR) is 47.7 cm³/mol. The number of hydrogen-bond acceptors (Lipinski definition) is 3. The van der Waals surface area contributed by atoms with Gasteiger partial charge in [-0.1, -0.05) is 20.3 Å². The first-order chi connectivity index (χ1) is 5.26. The molecule has 0 aliphatic rings. The average Bonchev–Trinajstić information content (AvgIpc) is 2.03. The van der Waals surface area contributed by atoms with E-state index >= 15 is 0 Å². The molecule has 0 bridgehead atoms. The van der Waals surface area contributed by atoms with Crippen molar-refractivity contribution in [2.45, 2.75) is 20.1 Å². The van der Waals surface area contributed by atoms with E-state index in [0.29, 0.717) is 0 Å². The van der Waals surface area contributed by atoms with Crippen LogP contribution in [0, 0.1) is 12.5 Å². The molecule has 3 heteroatoms. The summed E-state index contributed by atoms with van der Waals surface area (Å²) in [5.41, 5.74) is 0. The molecule has 0 heterocycles. The lowest BCUT2D eigenvalue weighted by Gasteiger charge is -2.26. The van der Waals surface area contributed by atoms with E-state index in [1.165, 1.54) is 0 Å². The summed E-state index contributed by atoms with van der Waals surface area (Å²) in [7, 11) is 2.01. The summed E-state index contributed by atoms with van der Waals surface area (Å²) in [4.78, 5) is 2.10. The number of terminal acetylenes is 1. The fourth-order valence-corrected chi connectivity index (χ4v) is 0.772. The lowest BCUT2D eigenvalue weighted by Crippen LogP contribution is -2.51. The van der Waals surface area contributed by atoms with Crippen LogP contribution in [0.5, 0.6) is 0 Å². The monoisotopic (exact) mass is 155 g/mol. The van der Waals surface area contributed by atoms with E-state index in [0.717, 1.165) is 13.1 Å². The maximum Gasteiger partial charge on any atom is 0.141 e. The Morgan fingerprint density at radius 2 is 2.18 bits per heavy atom. The molecule has 0 radical (unpaired) electrons. The predicted octanol–water partition coefficient (Wildman–Crippen LogP) is 0.0115. The molecule has 0 aromatic carbocycles. The highest BCUT2D eigenvalue weighted by molar-refractivity contribution is 4.83. The molecule has 0 saturated carbocycles. The van der Waals surface area contributed by atoms with Crippen LogP contribution in [0.3, 0.4) is 0 Å². The van der Waals surface area contributed by atoms with Crippen molar-refractivity contribution in [2.75, 3.05) is 20.1 Å². The van der Waals surface area contributed by atoms with Crippen LogP contribution >= 0.6 is 0 Å². The van der Waals surface area contributed by atoms with Crippen molar-refractivity contribution in [1.82, 2.24) is 15.5 Å². The summed E-state index contributed by atoms with van der Waals surface area (Å²) in [6, 6.07) is 2.41. The second kappa shape index (κ2) is 6.02. The van der Waals surface area contributed by atoms with E-state index < -0.39 is 0 Å². The van der Waals surface area contributed by atoms with E-state index in [2.05, 4.69) is 35.4 Å². The Kier molecular flexibility index (Phi) is 5.63. The Bertz CT molecular complexity index is 128. The van der Waals surface area contributed by atoms with Crippen molar-refractivity contribution in [1.29, 1.82) is 0 Å². The topological polar surface area (TPSA) is 27.3 Å². The molecular weight excluding hydrogens is 138 g/mol. The van der Waals surface area contributed by atoms with Crippen LogP contribution in [0.1, 0.15) is 13.8 Å². The zero-order chi connectivity index (χ0) is 8.69. The van der Waals surface area contributed by atoms with Gasteiger partial charge in [0.2, 0.25) is 0 Å². The van der Waals surface area contributed by atoms with Crippen molar-refractivity contribution in [3.05, 3.63) is 0 Å². The Hall–Kier alpha value is -0.720. The maximum absolute atomic E-state index is 5.12. The van der Waals surface area contributed by atoms with Crippen molar-refractivity contribution in [2.24, 2.45) is 0 Å². The summed E-state index contributed by atoms with van der Waals surface area (Å²) in [6.45, 7) is 6.01. The first-order valence-corrected chi connectivity index (χ1v) is 3.91. The minimum Gasteiger partial charge on any atom is -0.317 e. The number of nitrogens with one attached hydrogen (secondary N) is 2. The van der Waals surface area contributed by atoms with Gasteiger partial charge in [0.15, 0.2) is 0 Å². The van der Waals surface area contributed by atoms with E-state index in [9.17, 15) is 0 Å². The van der Waals surface area contributed by atoms with Gasteiger partial charge in [-0.15, -0.1) is 0 Å². The zero-order valence-electron chi connectivity index (χ0n) is 7.52. The molecule has 0 aromatic rings. The standard InChI is InChI=1S/C8H17N3/c1-5-9-8(10-6-2)11(4)7-3/h1,8-10H,6-7H2,2-4H3. The Morgan fingerprint density at radius 1 is 1.55 bits per heavy atom. The number of hydrogen-bond donors (Lipinski definition) is 2. The molecule has 64 valence electrons. The molecule has 2 N–H and O–H groups in total. The third-order valence-electron chi connectivity index (χ3n) is 1.56. The highest BCUT2D eigenvalue weighted by Crippen LogP contribution is 1.85. The van der Waals surface area contributed by atoms with Crippen LogP contribution < -0.4 is 10.6 Å².